The van der Waals surface area contributed by atoms with Crippen molar-refractivity contribution in [2.45, 2.75) is 26.4 Å². The van der Waals surface area contributed by atoms with Gasteiger partial charge in [-0.2, -0.15) is 5.10 Å². The molecule has 1 aromatic heterocycles. The molecule has 0 aliphatic carbocycles. The van der Waals surface area contributed by atoms with Crippen LogP contribution in [-0.2, 0) is 24.3 Å². The van der Waals surface area contributed by atoms with Gasteiger partial charge in [-0.3, -0.25) is 9.48 Å². The number of carbonyl (C=O) groups excluding carboxylic acids is 1. The lowest BCUT2D eigenvalue weighted by Crippen LogP contribution is -2.34. The normalized spacial score (nSPS) is 13.5. The van der Waals surface area contributed by atoms with Crippen LogP contribution in [0.4, 0.5) is 4.39 Å². The average Bonchev–Trinajstić information content (AvgIpc) is 3.01. The molecule has 0 N–H and O–H groups in total. The molecule has 26 heavy (non-hydrogen) atoms. The minimum Gasteiger partial charge on any atom is -0.338 e. The monoisotopic (exact) mass is 349 g/mol. The van der Waals surface area contributed by atoms with Gasteiger partial charge in [-0.15, -0.1) is 0 Å². The fourth-order valence-electron chi connectivity index (χ4n) is 3.49. The van der Waals surface area contributed by atoms with E-state index in [1.54, 1.807) is 19.1 Å². The van der Waals surface area contributed by atoms with Gasteiger partial charge in [0.1, 0.15) is 5.82 Å². The zero-order valence-corrected chi connectivity index (χ0v) is 14.7. The van der Waals surface area contributed by atoms with Crippen molar-refractivity contribution < 1.29 is 9.18 Å². The Kier molecular flexibility index (Phi) is 4.29. The number of hydrogen-bond donors (Lipinski definition) is 0. The van der Waals surface area contributed by atoms with Crippen molar-refractivity contribution >= 4 is 5.91 Å². The fraction of sp³-hybridized carbons (Fsp3) is 0.238. The third-order valence-corrected chi connectivity index (χ3v) is 4.87. The first-order valence-corrected chi connectivity index (χ1v) is 8.76. The van der Waals surface area contributed by atoms with Gasteiger partial charge in [-0.25, -0.2) is 4.39 Å². The molecule has 3 aromatic rings. The molecule has 132 valence electrons. The van der Waals surface area contributed by atoms with E-state index in [1.165, 1.54) is 17.7 Å². The van der Waals surface area contributed by atoms with E-state index in [0.717, 1.165) is 28.9 Å². The highest BCUT2D eigenvalue weighted by molar-refractivity contribution is 5.74. The molecule has 0 bridgehead atoms. The molecule has 0 radical (unpaired) electrons. The Morgan fingerprint density at radius 3 is 2.54 bits per heavy atom. The number of benzene rings is 2. The van der Waals surface area contributed by atoms with Crippen LogP contribution in [-0.4, -0.2) is 27.1 Å². The molecule has 0 fully saturated rings. The van der Waals surface area contributed by atoms with Crippen LogP contribution in [0, 0.1) is 5.82 Å². The van der Waals surface area contributed by atoms with E-state index in [-0.39, 0.29) is 11.7 Å². The highest BCUT2D eigenvalue weighted by Crippen LogP contribution is 2.30. The Balaban J connectivity index is 1.78. The summed E-state index contributed by atoms with van der Waals surface area (Å²) < 4.78 is 15.4. The summed E-state index contributed by atoms with van der Waals surface area (Å²) in [5.41, 5.74) is 5.11. The summed E-state index contributed by atoms with van der Waals surface area (Å²) >= 11 is 0. The van der Waals surface area contributed by atoms with E-state index < -0.39 is 0 Å². The number of aromatic nitrogens is 2. The molecule has 1 aliphatic heterocycles. The quantitative estimate of drug-likeness (QED) is 0.724. The summed E-state index contributed by atoms with van der Waals surface area (Å²) in [4.78, 5) is 13.7. The number of fused-ring (bicyclic) bond motifs is 1. The lowest BCUT2D eigenvalue weighted by molar-refractivity contribution is -0.129. The molecule has 1 amide bonds. The standard InChI is InChI=1S/C21H20FN3O/c1-15(26)24-12-11-20-19(14-24)21(17-7-9-18(22)10-8-17)23-25(20)13-16-5-3-2-4-6-16/h2-10H,11-14H2,1H3. The molecule has 0 saturated carbocycles. The molecular weight excluding hydrogens is 329 g/mol. The van der Waals surface area contributed by atoms with Gasteiger partial charge in [0.2, 0.25) is 5.91 Å². The molecule has 2 heterocycles. The van der Waals surface area contributed by atoms with Crippen molar-refractivity contribution in [1.29, 1.82) is 0 Å². The van der Waals surface area contributed by atoms with Crippen LogP contribution in [0.5, 0.6) is 0 Å². The van der Waals surface area contributed by atoms with Crippen LogP contribution in [0.3, 0.4) is 0 Å². The predicted molar refractivity (Wildman–Crippen MR) is 98.0 cm³/mol. The second-order valence-corrected chi connectivity index (χ2v) is 6.61. The number of carbonyl (C=O) groups is 1. The van der Waals surface area contributed by atoms with E-state index in [2.05, 4.69) is 12.1 Å². The SMILES string of the molecule is CC(=O)N1CCc2c(c(-c3ccc(F)cc3)nn2Cc2ccccc2)C1. The first-order chi connectivity index (χ1) is 12.6. The molecule has 0 unspecified atom stereocenters. The lowest BCUT2D eigenvalue weighted by Gasteiger charge is -2.27. The maximum Gasteiger partial charge on any atom is 0.219 e. The topological polar surface area (TPSA) is 38.1 Å². The highest BCUT2D eigenvalue weighted by Gasteiger charge is 2.26. The molecule has 0 saturated heterocycles. The number of rotatable bonds is 3. The molecule has 0 atom stereocenters. The van der Waals surface area contributed by atoms with E-state index in [0.29, 0.717) is 19.6 Å². The molecule has 0 spiro atoms. The van der Waals surface area contributed by atoms with Gasteiger partial charge in [0.25, 0.3) is 0 Å². The van der Waals surface area contributed by atoms with E-state index in [1.807, 2.05) is 27.8 Å². The third-order valence-electron chi connectivity index (χ3n) is 4.87. The zero-order chi connectivity index (χ0) is 18.1. The molecule has 1 aliphatic rings. The van der Waals surface area contributed by atoms with Crippen molar-refractivity contribution in [3.05, 3.63) is 77.2 Å². The number of amides is 1. The van der Waals surface area contributed by atoms with Crippen LogP contribution in [0.25, 0.3) is 11.3 Å². The van der Waals surface area contributed by atoms with Crippen LogP contribution in [0.2, 0.25) is 0 Å². The number of nitrogens with zero attached hydrogens (tertiary/aromatic N) is 3. The van der Waals surface area contributed by atoms with E-state index in [4.69, 9.17) is 5.10 Å². The summed E-state index contributed by atoms with van der Waals surface area (Å²) in [7, 11) is 0. The van der Waals surface area contributed by atoms with E-state index in [9.17, 15) is 9.18 Å². The van der Waals surface area contributed by atoms with Crippen molar-refractivity contribution in [1.82, 2.24) is 14.7 Å². The first kappa shape index (κ1) is 16.5. The number of hydrogen-bond acceptors (Lipinski definition) is 2. The first-order valence-electron chi connectivity index (χ1n) is 8.76. The summed E-state index contributed by atoms with van der Waals surface area (Å²) in [5.74, 6) is -0.201. The van der Waals surface area contributed by atoms with Gasteiger partial charge in [0.15, 0.2) is 0 Å². The van der Waals surface area contributed by atoms with Crippen molar-refractivity contribution in [3.63, 3.8) is 0 Å². The van der Waals surface area contributed by atoms with Gasteiger partial charge in [0.05, 0.1) is 12.2 Å². The smallest absolute Gasteiger partial charge is 0.219 e. The molecule has 4 nitrogen and oxygen atoms in total. The highest BCUT2D eigenvalue weighted by atomic mass is 19.1. The molecule has 4 rings (SSSR count). The number of halogens is 1. The van der Waals surface area contributed by atoms with Crippen LogP contribution >= 0.6 is 0 Å². The third kappa shape index (κ3) is 3.12. The van der Waals surface area contributed by atoms with Crippen molar-refractivity contribution in [2.24, 2.45) is 0 Å². The van der Waals surface area contributed by atoms with Crippen molar-refractivity contribution in [3.8, 4) is 11.3 Å². The average molecular weight is 349 g/mol. The predicted octanol–water partition coefficient (Wildman–Crippen LogP) is 3.64. The lowest BCUT2D eigenvalue weighted by atomic mass is 10.0. The summed E-state index contributed by atoms with van der Waals surface area (Å²) in [6.07, 6.45) is 0.774. The zero-order valence-electron chi connectivity index (χ0n) is 14.7. The van der Waals surface area contributed by atoms with Gasteiger partial charge in [0, 0.05) is 43.3 Å². The maximum atomic E-state index is 13.3. The summed E-state index contributed by atoms with van der Waals surface area (Å²) in [6.45, 7) is 3.53. The Labute approximate surface area is 151 Å². The minimum atomic E-state index is -0.267. The van der Waals surface area contributed by atoms with Crippen LogP contribution in [0.15, 0.2) is 54.6 Å². The van der Waals surface area contributed by atoms with Crippen molar-refractivity contribution in [2.75, 3.05) is 6.54 Å². The Hall–Kier alpha value is -2.95. The summed E-state index contributed by atoms with van der Waals surface area (Å²) in [6, 6.07) is 16.6. The Bertz CT molecular complexity index is 932. The van der Waals surface area contributed by atoms with Crippen LogP contribution < -0.4 is 0 Å². The molecular formula is C21H20FN3O. The van der Waals surface area contributed by atoms with Gasteiger partial charge in [-0.05, 0) is 29.8 Å². The molecule has 2 aromatic carbocycles. The Morgan fingerprint density at radius 2 is 1.85 bits per heavy atom. The van der Waals surface area contributed by atoms with Gasteiger partial charge >= 0.3 is 0 Å². The minimum absolute atomic E-state index is 0.0662. The van der Waals surface area contributed by atoms with Gasteiger partial charge < -0.3 is 4.90 Å². The largest absolute Gasteiger partial charge is 0.338 e. The maximum absolute atomic E-state index is 13.3. The fourth-order valence-corrected chi connectivity index (χ4v) is 3.49. The Morgan fingerprint density at radius 1 is 1.12 bits per heavy atom. The molecule has 5 heteroatoms. The van der Waals surface area contributed by atoms with Gasteiger partial charge in [-0.1, -0.05) is 30.3 Å². The van der Waals surface area contributed by atoms with Crippen LogP contribution in [0.1, 0.15) is 23.7 Å². The van der Waals surface area contributed by atoms with E-state index >= 15 is 0 Å². The summed E-state index contributed by atoms with van der Waals surface area (Å²) in [5, 5.41) is 4.84. The second-order valence-electron chi connectivity index (χ2n) is 6.61. The second kappa shape index (κ2) is 6.75.